The zero-order chi connectivity index (χ0) is 13.8. The van der Waals surface area contributed by atoms with E-state index in [1.807, 2.05) is 54.6 Å². The van der Waals surface area contributed by atoms with E-state index in [0.717, 1.165) is 27.1 Å². The predicted octanol–water partition coefficient (Wildman–Crippen LogP) is 5.29. The maximum Gasteiger partial charge on any atom is 0.205 e. The molecule has 0 fully saturated rings. The van der Waals surface area contributed by atoms with Gasteiger partial charge in [0.25, 0.3) is 0 Å². The number of halogens is 1. The van der Waals surface area contributed by atoms with Crippen molar-refractivity contribution in [3.8, 4) is 11.3 Å². The molecule has 2 nitrogen and oxygen atoms in total. The highest BCUT2D eigenvalue weighted by Crippen LogP contribution is 2.26. The summed E-state index contributed by atoms with van der Waals surface area (Å²) >= 11 is 7.54. The van der Waals surface area contributed by atoms with Crippen LogP contribution < -0.4 is 0 Å². The second kappa shape index (κ2) is 6.16. The molecule has 0 aliphatic carbocycles. The Hall–Kier alpha value is -1.71. The fourth-order valence-electron chi connectivity index (χ4n) is 1.79. The Balaban J connectivity index is 1.67. The highest BCUT2D eigenvalue weighted by molar-refractivity contribution is 7.98. The van der Waals surface area contributed by atoms with Gasteiger partial charge in [0.1, 0.15) is 0 Å². The van der Waals surface area contributed by atoms with Gasteiger partial charge in [-0.3, -0.25) is 0 Å². The zero-order valence-corrected chi connectivity index (χ0v) is 12.2. The fourth-order valence-corrected chi connectivity index (χ4v) is 2.67. The van der Waals surface area contributed by atoms with Crippen LogP contribution >= 0.6 is 23.4 Å². The molecule has 3 rings (SSSR count). The first-order chi connectivity index (χ1) is 9.81. The van der Waals surface area contributed by atoms with Gasteiger partial charge in [-0.2, -0.15) is 0 Å². The van der Waals surface area contributed by atoms with Crippen molar-refractivity contribution in [1.82, 2.24) is 4.98 Å². The van der Waals surface area contributed by atoms with E-state index in [4.69, 9.17) is 16.0 Å². The normalized spacial score (nSPS) is 10.7. The summed E-state index contributed by atoms with van der Waals surface area (Å²) in [6, 6.07) is 17.7. The molecule has 0 saturated carbocycles. The van der Waals surface area contributed by atoms with Crippen LogP contribution in [0.1, 0.15) is 5.89 Å². The summed E-state index contributed by atoms with van der Waals surface area (Å²) < 4.78 is 5.76. The zero-order valence-electron chi connectivity index (χ0n) is 10.6. The lowest BCUT2D eigenvalue weighted by Crippen LogP contribution is -1.79. The molecule has 0 spiro atoms. The SMILES string of the molecule is Clc1ccc(SCc2ncc(-c3ccccc3)o2)cc1. The Morgan fingerprint density at radius 1 is 1.00 bits per heavy atom. The molecule has 0 N–H and O–H groups in total. The van der Waals surface area contributed by atoms with E-state index in [1.165, 1.54) is 0 Å². The minimum atomic E-state index is 0.703. The van der Waals surface area contributed by atoms with Gasteiger partial charge in [0, 0.05) is 15.5 Å². The van der Waals surface area contributed by atoms with Crippen LogP contribution in [0.15, 0.2) is 70.1 Å². The third-order valence-electron chi connectivity index (χ3n) is 2.79. The summed E-state index contributed by atoms with van der Waals surface area (Å²) in [6.45, 7) is 0. The first kappa shape index (κ1) is 13.3. The maximum absolute atomic E-state index is 5.86. The summed E-state index contributed by atoms with van der Waals surface area (Å²) in [5.41, 5.74) is 1.04. The Labute approximate surface area is 126 Å². The summed E-state index contributed by atoms with van der Waals surface area (Å²) in [5.74, 6) is 2.23. The number of nitrogens with zero attached hydrogens (tertiary/aromatic N) is 1. The summed E-state index contributed by atoms with van der Waals surface area (Å²) in [5, 5.41) is 0.747. The molecule has 0 radical (unpaired) electrons. The van der Waals surface area contributed by atoms with Crippen LogP contribution in [0.5, 0.6) is 0 Å². The van der Waals surface area contributed by atoms with E-state index in [0.29, 0.717) is 5.75 Å². The summed E-state index contributed by atoms with van der Waals surface area (Å²) in [7, 11) is 0. The molecular formula is C16H12ClNOS. The molecule has 0 bridgehead atoms. The lowest BCUT2D eigenvalue weighted by atomic mass is 10.2. The van der Waals surface area contributed by atoms with Gasteiger partial charge >= 0.3 is 0 Å². The van der Waals surface area contributed by atoms with E-state index < -0.39 is 0 Å². The van der Waals surface area contributed by atoms with Gasteiger partial charge in [0.2, 0.25) is 5.89 Å². The highest BCUT2D eigenvalue weighted by atomic mass is 35.5. The van der Waals surface area contributed by atoms with Gasteiger partial charge in [-0.1, -0.05) is 41.9 Å². The van der Waals surface area contributed by atoms with Gasteiger partial charge < -0.3 is 4.42 Å². The topological polar surface area (TPSA) is 26.0 Å². The molecule has 0 amide bonds. The molecule has 0 aliphatic heterocycles. The highest BCUT2D eigenvalue weighted by Gasteiger charge is 2.06. The van der Waals surface area contributed by atoms with Crippen molar-refractivity contribution in [2.24, 2.45) is 0 Å². The fraction of sp³-hybridized carbons (Fsp3) is 0.0625. The molecule has 4 heteroatoms. The number of hydrogen-bond donors (Lipinski definition) is 0. The minimum Gasteiger partial charge on any atom is -0.440 e. The Kier molecular flexibility index (Phi) is 4.09. The molecule has 3 aromatic rings. The molecule has 0 saturated heterocycles. The molecular weight excluding hydrogens is 290 g/mol. The minimum absolute atomic E-state index is 0.703. The Bertz CT molecular complexity index is 679. The van der Waals surface area contributed by atoms with E-state index in [-0.39, 0.29) is 0 Å². The van der Waals surface area contributed by atoms with Crippen LogP contribution in [0.25, 0.3) is 11.3 Å². The Morgan fingerprint density at radius 2 is 1.75 bits per heavy atom. The summed E-state index contributed by atoms with van der Waals surface area (Å²) in [4.78, 5) is 5.46. The van der Waals surface area contributed by atoms with Crippen LogP contribution in [0, 0.1) is 0 Å². The largest absolute Gasteiger partial charge is 0.440 e. The first-order valence-corrected chi connectivity index (χ1v) is 7.56. The lowest BCUT2D eigenvalue weighted by molar-refractivity contribution is 0.530. The lowest BCUT2D eigenvalue weighted by Gasteiger charge is -1.99. The second-order valence-electron chi connectivity index (χ2n) is 4.23. The molecule has 0 atom stereocenters. The monoisotopic (exact) mass is 301 g/mol. The van der Waals surface area contributed by atoms with Gasteiger partial charge in [-0.05, 0) is 24.3 Å². The molecule has 0 unspecified atom stereocenters. The van der Waals surface area contributed by atoms with Crippen molar-refractivity contribution >= 4 is 23.4 Å². The second-order valence-corrected chi connectivity index (χ2v) is 5.71. The summed E-state index contributed by atoms with van der Waals surface area (Å²) in [6.07, 6.45) is 1.77. The first-order valence-electron chi connectivity index (χ1n) is 6.20. The number of hydrogen-bond acceptors (Lipinski definition) is 3. The van der Waals surface area contributed by atoms with Crippen molar-refractivity contribution in [2.45, 2.75) is 10.6 Å². The smallest absolute Gasteiger partial charge is 0.205 e. The standard InChI is InChI=1S/C16H12ClNOS/c17-13-6-8-14(9-7-13)20-11-16-18-10-15(19-16)12-4-2-1-3-5-12/h1-10H,11H2. The maximum atomic E-state index is 5.86. The van der Waals surface area contributed by atoms with Gasteiger partial charge in [-0.25, -0.2) is 4.98 Å². The number of rotatable bonds is 4. The van der Waals surface area contributed by atoms with Gasteiger partial charge in [0.15, 0.2) is 5.76 Å². The average Bonchev–Trinajstić information content (AvgIpc) is 2.97. The number of benzene rings is 2. The molecule has 2 aromatic carbocycles. The number of aromatic nitrogens is 1. The van der Waals surface area contributed by atoms with Crippen molar-refractivity contribution in [3.63, 3.8) is 0 Å². The third kappa shape index (κ3) is 3.24. The Morgan fingerprint density at radius 3 is 2.50 bits per heavy atom. The van der Waals surface area contributed by atoms with Crippen LogP contribution in [0.2, 0.25) is 5.02 Å². The molecule has 100 valence electrons. The van der Waals surface area contributed by atoms with E-state index in [9.17, 15) is 0 Å². The van der Waals surface area contributed by atoms with Crippen molar-refractivity contribution < 1.29 is 4.42 Å². The van der Waals surface area contributed by atoms with Crippen molar-refractivity contribution in [2.75, 3.05) is 0 Å². The van der Waals surface area contributed by atoms with Gasteiger partial charge in [0.05, 0.1) is 11.9 Å². The van der Waals surface area contributed by atoms with Crippen molar-refractivity contribution in [3.05, 3.63) is 71.7 Å². The number of thioether (sulfide) groups is 1. The molecule has 1 aromatic heterocycles. The van der Waals surface area contributed by atoms with E-state index >= 15 is 0 Å². The molecule has 0 aliphatic rings. The van der Waals surface area contributed by atoms with Crippen molar-refractivity contribution in [1.29, 1.82) is 0 Å². The predicted molar refractivity (Wildman–Crippen MR) is 83.0 cm³/mol. The van der Waals surface area contributed by atoms with Gasteiger partial charge in [-0.15, -0.1) is 11.8 Å². The molecule has 1 heterocycles. The quantitative estimate of drug-likeness (QED) is 0.613. The van der Waals surface area contributed by atoms with E-state index in [1.54, 1.807) is 18.0 Å². The number of oxazole rings is 1. The van der Waals surface area contributed by atoms with E-state index in [2.05, 4.69) is 4.98 Å². The average molecular weight is 302 g/mol. The molecule has 20 heavy (non-hydrogen) atoms. The van der Waals surface area contributed by atoms with Crippen LogP contribution in [-0.2, 0) is 5.75 Å². The third-order valence-corrected chi connectivity index (χ3v) is 4.04. The van der Waals surface area contributed by atoms with Crippen LogP contribution in [-0.4, -0.2) is 4.98 Å². The van der Waals surface area contributed by atoms with Crippen LogP contribution in [0.3, 0.4) is 0 Å². The van der Waals surface area contributed by atoms with Crippen LogP contribution in [0.4, 0.5) is 0 Å².